The molecule has 0 spiro atoms. The average Bonchev–Trinajstić information content (AvgIpc) is 2.55. The number of para-hydroxylation sites is 1. The van der Waals surface area contributed by atoms with E-state index in [1.165, 1.54) is 12.8 Å². The molecule has 2 rings (SSSR count). The fourth-order valence-corrected chi connectivity index (χ4v) is 3.53. The van der Waals surface area contributed by atoms with Crippen molar-refractivity contribution in [2.24, 2.45) is 11.3 Å². The van der Waals surface area contributed by atoms with Crippen molar-refractivity contribution in [2.75, 3.05) is 7.11 Å². The normalized spacial score (nSPS) is 26.9. The lowest BCUT2D eigenvalue weighted by Gasteiger charge is -2.38. The minimum absolute atomic E-state index is 0.662. The number of nitrogens with zero attached hydrogens (tertiary/aromatic N) is 1. The number of hydrogen-bond donors (Lipinski definition) is 1. The van der Waals surface area contributed by atoms with Gasteiger partial charge in [-0.3, -0.25) is 0 Å². The lowest BCUT2D eigenvalue weighted by atomic mass is 9.66. The van der Waals surface area contributed by atoms with Gasteiger partial charge in [-0.2, -0.15) is 5.26 Å². The summed E-state index contributed by atoms with van der Waals surface area (Å²) in [4.78, 5) is 0. The number of rotatable bonds is 5. The molecule has 0 radical (unpaired) electrons. The molecule has 0 saturated heterocycles. The summed E-state index contributed by atoms with van der Waals surface area (Å²) in [5, 5.41) is 20.5. The summed E-state index contributed by atoms with van der Waals surface area (Å²) in [5.74, 6) is 1.37. The summed E-state index contributed by atoms with van der Waals surface area (Å²) in [6, 6.07) is 9.89. The average molecular weight is 287 g/mol. The minimum Gasteiger partial charge on any atom is -0.496 e. The summed E-state index contributed by atoms with van der Waals surface area (Å²) in [5.41, 5.74) is 0.0642. The maximum Gasteiger partial charge on any atom is 0.124 e. The predicted octanol–water partition coefficient (Wildman–Crippen LogP) is 4.23. The van der Waals surface area contributed by atoms with E-state index >= 15 is 0 Å². The molecule has 0 aromatic heterocycles. The monoisotopic (exact) mass is 287 g/mol. The predicted molar refractivity (Wildman–Crippen MR) is 82.9 cm³/mol. The fraction of sp³-hybridized carbons (Fsp3) is 0.611. The van der Waals surface area contributed by atoms with Gasteiger partial charge in [0.05, 0.1) is 18.6 Å². The van der Waals surface area contributed by atoms with Crippen molar-refractivity contribution in [3.05, 3.63) is 29.8 Å². The van der Waals surface area contributed by atoms with Crippen LogP contribution < -0.4 is 4.74 Å². The molecule has 21 heavy (non-hydrogen) atoms. The Hall–Kier alpha value is -1.53. The molecule has 0 bridgehead atoms. The van der Waals surface area contributed by atoms with Crippen molar-refractivity contribution >= 4 is 0 Å². The van der Waals surface area contributed by atoms with Gasteiger partial charge in [-0.1, -0.05) is 38.0 Å². The van der Waals surface area contributed by atoms with E-state index in [1.807, 2.05) is 24.3 Å². The molecule has 1 fully saturated rings. The van der Waals surface area contributed by atoms with Crippen LogP contribution in [-0.4, -0.2) is 12.2 Å². The van der Waals surface area contributed by atoms with Gasteiger partial charge in [-0.15, -0.1) is 0 Å². The number of ether oxygens (including phenoxy) is 1. The number of benzene rings is 1. The van der Waals surface area contributed by atoms with Crippen molar-refractivity contribution in [1.29, 1.82) is 5.26 Å². The van der Waals surface area contributed by atoms with E-state index in [0.29, 0.717) is 11.7 Å². The van der Waals surface area contributed by atoms with Crippen LogP contribution in [0.3, 0.4) is 0 Å². The third-order valence-corrected chi connectivity index (χ3v) is 4.87. The standard InChI is InChI=1S/C18H25NO2/c1-3-6-14-9-11-18(13-19,12-10-14)17(20)15-7-4-5-8-16(15)21-2/h4-5,7-8,14,17,20H,3,6,9-12H2,1-2H3. The highest BCUT2D eigenvalue weighted by Gasteiger charge is 2.43. The topological polar surface area (TPSA) is 53.2 Å². The van der Waals surface area contributed by atoms with Crippen LogP contribution in [0.2, 0.25) is 0 Å². The van der Waals surface area contributed by atoms with Crippen LogP contribution in [-0.2, 0) is 0 Å². The molecule has 1 atom stereocenters. The SMILES string of the molecule is CCCC1CCC(C#N)(C(O)c2ccccc2OC)CC1. The molecular weight excluding hydrogens is 262 g/mol. The highest BCUT2D eigenvalue weighted by molar-refractivity contribution is 5.37. The quantitative estimate of drug-likeness (QED) is 0.881. The number of methoxy groups -OCH3 is 1. The molecule has 1 aliphatic rings. The first-order valence-electron chi connectivity index (χ1n) is 7.89. The number of aliphatic hydroxyl groups is 1. The Balaban J connectivity index is 2.20. The largest absolute Gasteiger partial charge is 0.496 e. The summed E-state index contributed by atoms with van der Waals surface area (Å²) in [6.45, 7) is 2.20. The summed E-state index contributed by atoms with van der Waals surface area (Å²) in [6.07, 6.45) is 5.26. The number of hydrogen-bond acceptors (Lipinski definition) is 3. The van der Waals surface area contributed by atoms with Crippen LogP contribution in [0, 0.1) is 22.7 Å². The summed E-state index contributed by atoms with van der Waals surface area (Å²) in [7, 11) is 1.60. The van der Waals surface area contributed by atoms with Gasteiger partial charge in [0.15, 0.2) is 0 Å². The van der Waals surface area contributed by atoms with Crippen LogP contribution in [0.15, 0.2) is 24.3 Å². The second kappa shape index (κ2) is 6.95. The zero-order valence-corrected chi connectivity index (χ0v) is 13.0. The zero-order chi connectivity index (χ0) is 15.3. The second-order valence-corrected chi connectivity index (χ2v) is 6.14. The molecule has 1 aromatic rings. The Bertz CT molecular complexity index is 498. The van der Waals surface area contributed by atoms with E-state index in [4.69, 9.17) is 4.74 Å². The van der Waals surface area contributed by atoms with Crippen molar-refractivity contribution in [2.45, 2.75) is 51.6 Å². The van der Waals surface area contributed by atoms with E-state index in [1.54, 1.807) is 7.11 Å². The Morgan fingerprint density at radius 3 is 2.62 bits per heavy atom. The van der Waals surface area contributed by atoms with Gasteiger partial charge < -0.3 is 9.84 Å². The molecule has 114 valence electrons. The molecule has 0 amide bonds. The molecule has 1 unspecified atom stereocenters. The van der Waals surface area contributed by atoms with E-state index in [9.17, 15) is 10.4 Å². The second-order valence-electron chi connectivity index (χ2n) is 6.14. The third kappa shape index (κ3) is 3.22. The van der Waals surface area contributed by atoms with Gasteiger partial charge in [-0.25, -0.2) is 0 Å². The lowest BCUT2D eigenvalue weighted by molar-refractivity contribution is 0.0221. The molecule has 1 saturated carbocycles. The van der Waals surface area contributed by atoms with Gasteiger partial charge in [-0.05, 0) is 37.7 Å². The van der Waals surface area contributed by atoms with Crippen molar-refractivity contribution in [3.63, 3.8) is 0 Å². The molecule has 1 aromatic carbocycles. The molecule has 3 heteroatoms. The highest BCUT2D eigenvalue weighted by Crippen LogP contribution is 2.49. The van der Waals surface area contributed by atoms with Crippen LogP contribution in [0.25, 0.3) is 0 Å². The van der Waals surface area contributed by atoms with Gasteiger partial charge in [0.1, 0.15) is 11.9 Å². The van der Waals surface area contributed by atoms with Crippen molar-refractivity contribution < 1.29 is 9.84 Å². The molecule has 0 aliphatic heterocycles. The van der Waals surface area contributed by atoms with Gasteiger partial charge in [0, 0.05) is 5.56 Å². The summed E-state index contributed by atoms with van der Waals surface area (Å²) >= 11 is 0. The molecule has 3 nitrogen and oxygen atoms in total. The molecular formula is C18H25NO2. The van der Waals surface area contributed by atoms with Crippen LogP contribution in [0.5, 0.6) is 5.75 Å². The van der Waals surface area contributed by atoms with Gasteiger partial charge in [0.25, 0.3) is 0 Å². The van der Waals surface area contributed by atoms with Crippen LogP contribution in [0.4, 0.5) is 0 Å². The molecule has 1 aliphatic carbocycles. The van der Waals surface area contributed by atoms with Crippen molar-refractivity contribution in [3.8, 4) is 11.8 Å². The van der Waals surface area contributed by atoms with E-state index in [-0.39, 0.29) is 0 Å². The number of aliphatic hydroxyl groups excluding tert-OH is 1. The molecule has 0 heterocycles. The smallest absolute Gasteiger partial charge is 0.124 e. The number of nitriles is 1. The first-order valence-corrected chi connectivity index (χ1v) is 7.89. The van der Waals surface area contributed by atoms with Crippen LogP contribution in [0.1, 0.15) is 57.1 Å². The Morgan fingerprint density at radius 1 is 1.38 bits per heavy atom. The maximum absolute atomic E-state index is 10.8. The zero-order valence-electron chi connectivity index (χ0n) is 13.0. The highest BCUT2D eigenvalue weighted by atomic mass is 16.5. The van der Waals surface area contributed by atoms with E-state index < -0.39 is 11.5 Å². The third-order valence-electron chi connectivity index (χ3n) is 4.87. The Morgan fingerprint density at radius 2 is 2.05 bits per heavy atom. The first-order chi connectivity index (χ1) is 10.2. The minimum atomic E-state index is -0.777. The van der Waals surface area contributed by atoms with E-state index in [2.05, 4.69) is 13.0 Å². The lowest BCUT2D eigenvalue weighted by Crippen LogP contribution is -2.32. The summed E-state index contributed by atoms with van der Waals surface area (Å²) < 4.78 is 5.34. The van der Waals surface area contributed by atoms with Crippen LogP contribution >= 0.6 is 0 Å². The fourth-order valence-electron chi connectivity index (χ4n) is 3.53. The molecule has 1 N–H and O–H groups in total. The van der Waals surface area contributed by atoms with E-state index in [0.717, 1.165) is 31.2 Å². The Kier molecular flexibility index (Phi) is 5.25. The van der Waals surface area contributed by atoms with Gasteiger partial charge >= 0.3 is 0 Å². The van der Waals surface area contributed by atoms with Gasteiger partial charge in [0.2, 0.25) is 0 Å². The van der Waals surface area contributed by atoms with Crippen molar-refractivity contribution in [1.82, 2.24) is 0 Å². The first kappa shape index (κ1) is 15.9. The maximum atomic E-state index is 10.8. The Labute approximate surface area is 127 Å².